The van der Waals surface area contributed by atoms with Crippen molar-refractivity contribution in [2.75, 3.05) is 0 Å². The first-order chi connectivity index (χ1) is 8.79. The summed E-state index contributed by atoms with van der Waals surface area (Å²) in [5.41, 5.74) is -0.353. The van der Waals surface area contributed by atoms with E-state index in [4.69, 9.17) is 0 Å². The van der Waals surface area contributed by atoms with Crippen LogP contribution < -0.4 is 5.32 Å². The third-order valence-corrected chi connectivity index (χ3v) is 6.25. The van der Waals surface area contributed by atoms with E-state index >= 15 is 0 Å². The van der Waals surface area contributed by atoms with Crippen molar-refractivity contribution >= 4 is 5.91 Å². The highest BCUT2D eigenvalue weighted by Crippen LogP contribution is 2.58. The molecule has 0 heterocycles. The molecule has 5 aliphatic rings. The first-order valence-electron chi connectivity index (χ1n) is 7.84. The number of rotatable bonds is 2. The molecule has 1 amide bonds. The van der Waals surface area contributed by atoms with Crippen LogP contribution in [0.4, 0.5) is 0 Å². The van der Waals surface area contributed by atoms with Crippen LogP contribution in [-0.2, 0) is 4.79 Å². The van der Waals surface area contributed by atoms with Gasteiger partial charge in [0.05, 0.1) is 5.60 Å². The second kappa shape index (κ2) is 3.36. The molecule has 19 heavy (non-hydrogen) atoms. The summed E-state index contributed by atoms with van der Waals surface area (Å²) in [6.07, 6.45) is 7.23. The van der Waals surface area contributed by atoms with Crippen LogP contribution in [0.2, 0.25) is 0 Å². The fourth-order valence-corrected chi connectivity index (χ4v) is 5.62. The maximum atomic E-state index is 12.4. The second-order valence-electron chi connectivity index (χ2n) is 8.70. The van der Waals surface area contributed by atoms with E-state index in [-0.39, 0.29) is 22.8 Å². The van der Waals surface area contributed by atoms with Gasteiger partial charge in [-0.15, -0.1) is 0 Å². The van der Waals surface area contributed by atoms with Crippen LogP contribution in [0.25, 0.3) is 0 Å². The maximum Gasteiger partial charge on any atom is 0.224 e. The number of amides is 1. The van der Waals surface area contributed by atoms with Crippen molar-refractivity contribution in [1.29, 1.82) is 0 Å². The lowest BCUT2D eigenvalue weighted by atomic mass is 9.51. The Hall–Kier alpha value is -0.570. The van der Waals surface area contributed by atoms with Gasteiger partial charge in [-0.25, -0.2) is 0 Å². The standard InChI is InChI=1S/C16H25NO2/c1-14(2)8-12(14)13(18)17-15-4-10-3-11(5-15)7-16(19,6-10)9-15/h10-12,19H,3-9H2,1-2H3,(H,17,18)/t10?,11?,12-,15?,16?/m1/s1. The van der Waals surface area contributed by atoms with Crippen LogP contribution >= 0.6 is 0 Å². The van der Waals surface area contributed by atoms with Crippen LogP contribution in [0.15, 0.2) is 0 Å². The molecule has 2 unspecified atom stereocenters. The Kier molecular flexibility index (Phi) is 2.16. The fourth-order valence-electron chi connectivity index (χ4n) is 5.62. The smallest absolute Gasteiger partial charge is 0.224 e. The predicted octanol–water partition coefficient (Wildman–Crippen LogP) is 2.23. The third-order valence-electron chi connectivity index (χ3n) is 6.25. The summed E-state index contributed by atoms with van der Waals surface area (Å²) >= 11 is 0. The molecule has 0 spiro atoms. The Morgan fingerprint density at radius 1 is 1.11 bits per heavy atom. The highest BCUT2D eigenvalue weighted by atomic mass is 16.3. The average molecular weight is 263 g/mol. The van der Waals surface area contributed by atoms with E-state index in [9.17, 15) is 9.90 Å². The van der Waals surface area contributed by atoms with Gasteiger partial charge < -0.3 is 10.4 Å². The summed E-state index contributed by atoms with van der Waals surface area (Å²) in [6, 6.07) is 0. The molecule has 3 heteroatoms. The quantitative estimate of drug-likeness (QED) is 0.802. The van der Waals surface area contributed by atoms with Crippen molar-refractivity contribution in [2.45, 2.75) is 69.9 Å². The molecule has 2 N–H and O–H groups in total. The third kappa shape index (κ3) is 1.84. The number of hydrogen-bond donors (Lipinski definition) is 2. The molecule has 5 rings (SSSR count). The van der Waals surface area contributed by atoms with Gasteiger partial charge in [-0.2, -0.15) is 0 Å². The monoisotopic (exact) mass is 263 g/mol. The second-order valence-corrected chi connectivity index (χ2v) is 8.70. The molecule has 5 fully saturated rings. The lowest BCUT2D eigenvalue weighted by Crippen LogP contribution is -2.65. The fraction of sp³-hybridized carbons (Fsp3) is 0.938. The minimum atomic E-state index is -0.476. The van der Waals surface area contributed by atoms with Crippen molar-refractivity contribution in [1.82, 2.24) is 5.32 Å². The molecule has 5 aliphatic carbocycles. The van der Waals surface area contributed by atoms with E-state index in [1.165, 1.54) is 6.42 Å². The van der Waals surface area contributed by atoms with Crippen LogP contribution in [0.3, 0.4) is 0 Å². The average Bonchev–Trinajstić information content (AvgIpc) is 2.83. The lowest BCUT2D eigenvalue weighted by molar-refractivity contribution is -0.151. The summed E-state index contributed by atoms with van der Waals surface area (Å²) < 4.78 is 0. The summed E-state index contributed by atoms with van der Waals surface area (Å²) in [5, 5.41) is 14.1. The first kappa shape index (κ1) is 12.2. The van der Waals surface area contributed by atoms with Crippen molar-refractivity contribution in [3.63, 3.8) is 0 Å². The van der Waals surface area contributed by atoms with Gasteiger partial charge in [0.15, 0.2) is 0 Å². The molecule has 0 radical (unpaired) electrons. The number of carbonyl (C=O) groups is 1. The molecular formula is C16H25NO2. The van der Waals surface area contributed by atoms with Crippen LogP contribution in [0.5, 0.6) is 0 Å². The minimum absolute atomic E-state index is 0.0748. The van der Waals surface area contributed by atoms with E-state index in [1.807, 2.05) is 0 Å². The Bertz CT molecular complexity index is 428. The lowest BCUT2D eigenvalue weighted by Gasteiger charge is -2.60. The van der Waals surface area contributed by atoms with E-state index in [2.05, 4.69) is 19.2 Å². The Balaban J connectivity index is 1.53. The Morgan fingerprint density at radius 3 is 2.16 bits per heavy atom. The zero-order chi connectivity index (χ0) is 13.5. The number of nitrogens with one attached hydrogen (secondary N) is 1. The maximum absolute atomic E-state index is 12.4. The van der Waals surface area contributed by atoms with Gasteiger partial charge in [0, 0.05) is 11.5 Å². The Labute approximate surface area is 115 Å². The first-order valence-corrected chi connectivity index (χ1v) is 7.84. The molecule has 3 atom stereocenters. The molecule has 3 nitrogen and oxygen atoms in total. The number of carbonyl (C=O) groups excluding carboxylic acids is 1. The van der Waals surface area contributed by atoms with Gasteiger partial charge in [0.1, 0.15) is 0 Å². The van der Waals surface area contributed by atoms with Crippen LogP contribution in [-0.4, -0.2) is 22.2 Å². The summed E-state index contributed by atoms with van der Waals surface area (Å²) in [7, 11) is 0. The molecule has 0 aromatic rings. The van der Waals surface area contributed by atoms with Gasteiger partial charge in [0.2, 0.25) is 5.91 Å². The van der Waals surface area contributed by atoms with Gasteiger partial charge in [0.25, 0.3) is 0 Å². The molecule has 4 bridgehead atoms. The van der Waals surface area contributed by atoms with Crippen LogP contribution in [0, 0.1) is 23.2 Å². The number of aliphatic hydroxyl groups is 1. The van der Waals surface area contributed by atoms with Crippen molar-refractivity contribution in [2.24, 2.45) is 23.2 Å². The van der Waals surface area contributed by atoms with Gasteiger partial charge in [-0.05, 0) is 62.2 Å². The molecule has 0 aromatic carbocycles. The van der Waals surface area contributed by atoms with Crippen molar-refractivity contribution < 1.29 is 9.90 Å². The highest BCUT2D eigenvalue weighted by molar-refractivity contribution is 5.83. The normalized spacial score (nSPS) is 53.1. The Morgan fingerprint density at radius 2 is 1.68 bits per heavy atom. The molecule has 0 saturated heterocycles. The molecule has 0 aromatic heterocycles. The summed E-state index contributed by atoms with van der Waals surface area (Å²) in [5.74, 6) is 1.73. The predicted molar refractivity (Wildman–Crippen MR) is 72.4 cm³/mol. The van der Waals surface area contributed by atoms with E-state index < -0.39 is 5.60 Å². The van der Waals surface area contributed by atoms with Crippen molar-refractivity contribution in [3.05, 3.63) is 0 Å². The zero-order valence-electron chi connectivity index (χ0n) is 12.0. The van der Waals surface area contributed by atoms with Crippen molar-refractivity contribution in [3.8, 4) is 0 Å². The topological polar surface area (TPSA) is 49.3 Å². The molecule has 5 saturated carbocycles. The SMILES string of the molecule is CC1(C)C[C@@H]1C(=O)NC12CC3CC(CC(O)(C3)C1)C2. The summed E-state index contributed by atoms with van der Waals surface area (Å²) in [4.78, 5) is 12.4. The zero-order valence-corrected chi connectivity index (χ0v) is 12.0. The van der Waals surface area contributed by atoms with E-state index in [1.54, 1.807) is 0 Å². The van der Waals surface area contributed by atoms with E-state index in [0.29, 0.717) is 11.8 Å². The van der Waals surface area contributed by atoms with Crippen LogP contribution in [0.1, 0.15) is 58.8 Å². The molecular weight excluding hydrogens is 238 g/mol. The molecule has 0 aliphatic heterocycles. The summed E-state index contributed by atoms with van der Waals surface area (Å²) in [6.45, 7) is 4.34. The van der Waals surface area contributed by atoms with Gasteiger partial charge in [-0.1, -0.05) is 13.8 Å². The minimum Gasteiger partial charge on any atom is -0.390 e. The van der Waals surface area contributed by atoms with Gasteiger partial charge in [-0.3, -0.25) is 4.79 Å². The van der Waals surface area contributed by atoms with E-state index in [0.717, 1.165) is 38.5 Å². The molecule has 106 valence electrons. The highest BCUT2D eigenvalue weighted by Gasteiger charge is 2.59. The number of hydrogen-bond acceptors (Lipinski definition) is 2. The largest absolute Gasteiger partial charge is 0.390 e. The van der Waals surface area contributed by atoms with Gasteiger partial charge >= 0.3 is 0 Å².